The van der Waals surface area contributed by atoms with E-state index in [9.17, 15) is 9.90 Å². The Bertz CT molecular complexity index is 1960. The van der Waals surface area contributed by atoms with Crippen LogP contribution in [0.4, 0.5) is 15.8 Å². The number of phenols is 1. The predicted octanol–water partition coefficient (Wildman–Crippen LogP) is 3.89. The van der Waals surface area contributed by atoms with Gasteiger partial charge in [0.15, 0.2) is 0 Å². The Balaban J connectivity index is 0.918. The van der Waals surface area contributed by atoms with E-state index in [0.717, 1.165) is 103 Å². The molecule has 51 heavy (non-hydrogen) atoms. The van der Waals surface area contributed by atoms with Crippen LogP contribution in [-0.4, -0.2) is 83.3 Å². The molecule has 11 heteroatoms. The molecule has 0 saturated carbocycles. The summed E-state index contributed by atoms with van der Waals surface area (Å²) in [6, 6.07) is 21.4. The van der Waals surface area contributed by atoms with Crippen LogP contribution in [0.2, 0.25) is 0 Å². The molecular formula is C40H45BFN4O4P. The molecule has 8 nitrogen and oxygen atoms in total. The molecule has 2 fully saturated rings. The van der Waals surface area contributed by atoms with Gasteiger partial charge in [0.2, 0.25) is 0 Å². The highest BCUT2D eigenvalue weighted by molar-refractivity contribution is 7.28. The first-order valence-electron chi connectivity index (χ1n) is 18.1. The molecule has 4 aromatic rings. The molecule has 3 atom stereocenters. The number of amides is 1. The number of piperazine rings is 1. The Morgan fingerprint density at radius 3 is 2.47 bits per heavy atom. The van der Waals surface area contributed by atoms with Crippen molar-refractivity contribution < 1.29 is 23.8 Å². The molecule has 0 radical (unpaired) electrons. The summed E-state index contributed by atoms with van der Waals surface area (Å²) in [5.41, 5.74) is 7.71. The van der Waals surface area contributed by atoms with Crippen molar-refractivity contribution in [2.45, 2.75) is 31.2 Å². The largest absolute Gasteiger partial charge is 0.508 e. The van der Waals surface area contributed by atoms with Crippen LogP contribution in [0.15, 0.2) is 66.7 Å². The van der Waals surface area contributed by atoms with Gasteiger partial charge in [-0.1, -0.05) is 24.3 Å². The summed E-state index contributed by atoms with van der Waals surface area (Å²) >= 11 is 0. The van der Waals surface area contributed by atoms with Gasteiger partial charge in [-0.25, -0.2) is 4.39 Å². The second kappa shape index (κ2) is 14.0. The van der Waals surface area contributed by atoms with Crippen molar-refractivity contribution >= 4 is 45.1 Å². The molecule has 2 N–H and O–H groups in total. The summed E-state index contributed by atoms with van der Waals surface area (Å²) in [5, 5.41) is 14.2. The van der Waals surface area contributed by atoms with Crippen LogP contribution in [-0.2, 0) is 6.54 Å². The molecule has 4 heterocycles. The Morgan fingerprint density at radius 2 is 1.71 bits per heavy atom. The third-order valence-corrected chi connectivity index (χ3v) is 11.9. The van der Waals surface area contributed by atoms with E-state index in [2.05, 4.69) is 59.6 Å². The van der Waals surface area contributed by atoms with Crippen LogP contribution in [0.5, 0.6) is 17.2 Å². The van der Waals surface area contributed by atoms with E-state index in [1.165, 1.54) is 5.69 Å². The monoisotopic (exact) mass is 706 g/mol. The smallest absolute Gasteiger partial charge is 0.251 e. The molecule has 4 aliphatic heterocycles. The average molecular weight is 707 g/mol. The van der Waals surface area contributed by atoms with E-state index >= 15 is 4.39 Å². The van der Waals surface area contributed by atoms with Gasteiger partial charge in [-0.05, 0) is 82.6 Å². The van der Waals surface area contributed by atoms with E-state index in [0.29, 0.717) is 30.5 Å². The average Bonchev–Trinajstić information content (AvgIpc) is 3.50. The number of carbonyl (C=O) groups excluding carboxylic acids is 1. The summed E-state index contributed by atoms with van der Waals surface area (Å²) < 4.78 is 27.9. The summed E-state index contributed by atoms with van der Waals surface area (Å²) in [5.74, 6) is 1.81. The molecule has 0 spiro atoms. The molecule has 1 amide bonds. The number of carbonyl (C=O) groups is 1. The molecule has 3 unspecified atom stereocenters. The highest BCUT2D eigenvalue weighted by Crippen LogP contribution is 2.48. The van der Waals surface area contributed by atoms with E-state index in [-0.39, 0.29) is 29.3 Å². The molecular weight excluding hydrogens is 661 g/mol. The Morgan fingerprint density at radius 1 is 0.941 bits per heavy atom. The van der Waals surface area contributed by atoms with Crippen molar-refractivity contribution in [3.05, 3.63) is 100 Å². The SMILES string of the molecule is Bc1ccc(C2COc3cc(O)ccc3C2c2ccc(N3CCC(CN4CCN(c5cc6c(cc5P)C(=O)NC6)CC4)CC3)c(F)c2)cc1OC. The Hall–Kier alpha value is -4.27. The van der Waals surface area contributed by atoms with E-state index in [1.54, 1.807) is 25.3 Å². The van der Waals surface area contributed by atoms with Gasteiger partial charge in [0, 0.05) is 87.1 Å². The summed E-state index contributed by atoms with van der Waals surface area (Å²) in [6.07, 6.45) is 2.08. The number of anilines is 2. The second-order valence-electron chi connectivity index (χ2n) is 14.5. The number of halogens is 1. The summed E-state index contributed by atoms with van der Waals surface area (Å²) in [7, 11) is 6.52. The maximum absolute atomic E-state index is 16.1. The number of hydrogen-bond donors (Lipinski definition) is 2. The van der Waals surface area contributed by atoms with Crippen LogP contribution in [0.1, 0.15) is 57.3 Å². The number of nitrogens with zero attached hydrogens (tertiary/aromatic N) is 3. The highest BCUT2D eigenvalue weighted by atomic mass is 31.0. The lowest BCUT2D eigenvalue weighted by molar-refractivity contribution is 0.0966. The van der Waals surface area contributed by atoms with Crippen LogP contribution < -0.4 is 35.4 Å². The number of hydrogen-bond acceptors (Lipinski definition) is 7. The van der Waals surface area contributed by atoms with Gasteiger partial charge in [-0.3, -0.25) is 9.69 Å². The molecule has 8 rings (SSSR count). The Kier molecular flexibility index (Phi) is 9.32. The normalized spacial score (nSPS) is 20.8. The number of nitrogens with one attached hydrogen (secondary N) is 1. The van der Waals surface area contributed by atoms with Crippen molar-refractivity contribution in [2.24, 2.45) is 5.92 Å². The number of benzene rings is 4. The van der Waals surface area contributed by atoms with E-state index in [4.69, 9.17) is 9.47 Å². The molecule has 2 saturated heterocycles. The van der Waals surface area contributed by atoms with Crippen molar-refractivity contribution in [1.82, 2.24) is 10.2 Å². The minimum absolute atomic E-state index is 0.0215. The van der Waals surface area contributed by atoms with Crippen LogP contribution in [0.25, 0.3) is 0 Å². The van der Waals surface area contributed by atoms with E-state index < -0.39 is 0 Å². The first kappa shape index (κ1) is 33.9. The molecule has 0 aliphatic carbocycles. The second-order valence-corrected chi connectivity index (χ2v) is 15.1. The fourth-order valence-electron chi connectivity index (χ4n) is 8.58. The first-order chi connectivity index (χ1) is 24.7. The number of rotatable bonds is 7. The standard InChI is InChI=1S/C40H45BFN4O4P/c1-49-37-18-25(2-6-32(37)41)31-23-50-36-19-28(47)4-5-29(36)39(31)26-3-7-34(33(42)16-26)45-10-8-24(9-11-45)22-44-12-14-46(15-13-44)35-17-27-21-43-40(48)30(27)20-38(35)51/h2-7,16-20,24,31,39,47H,8-15,21-23,41,51H2,1H3,(H,43,48). The van der Waals surface area contributed by atoms with Crippen molar-refractivity contribution in [1.29, 1.82) is 0 Å². The molecule has 4 aliphatic rings. The van der Waals surface area contributed by atoms with Crippen molar-refractivity contribution in [3.8, 4) is 17.2 Å². The highest BCUT2D eigenvalue weighted by Gasteiger charge is 2.35. The van der Waals surface area contributed by atoms with Gasteiger partial charge in [-0.2, -0.15) is 0 Å². The van der Waals surface area contributed by atoms with Crippen LogP contribution in [0, 0.1) is 11.7 Å². The lowest BCUT2D eigenvalue weighted by atomic mass is 9.75. The lowest BCUT2D eigenvalue weighted by Gasteiger charge is -2.40. The van der Waals surface area contributed by atoms with Gasteiger partial charge < -0.3 is 29.7 Å². The van der Waals surface area contributed by atoms with Gasteiger partial charge >= 0.3 is 0 Å². The lowest BCUT2D eigenvalue weighted by Crippen LogP contribution is -2.49. The first-order valence-corrected chi connectivity index (χ1v) is 18.7. The number of piperidine rings is 1. The van der Waals surface area contributed by atoms with Gasteiger partial charge in [-0.15, -0.1) is 9.24 Å². The number of ether oxygens (including phenoxy) is 2. The maximum Gasteiger partial charge on any atom is 0.251 e. The van der Waals surface area contributed by atoms with E-state index in [1.807, 2.05) is 26.0 Å². The summed E-state index contributed by atoms with van der Waals surface area (Å²) in [4.78, 5) is 19.3. The quantitative estimate of drug-likeness (QED) is 0.223. The molecule has 0 aromatic heterocycles. The Labute approximate surface area is 302 Å². The zero-order valence-electron chi connectivity index (χ0n) is 29.3. The molecule has 4 aromatic carbocycles. The third kappa shape index (κ3) is 6.65. The van der Waals surface area contributed by atoms with Crippen molar-refractivity contribution in [3.63, 3.8) is 0 Å². The third-order valence-electron chi connectivity index (χ3n) is 11.5. The topological polar surface area (TPSA) is 77.5 Å². The minimum atomic E-state index is -0.200. The van der Waals surface area contributed by atoms with Gasteiger partial charge in [0.1, 0.15) is 30.9 Å². The predicted molar refractivity (Wildman–Crippen MR) is 206 cm³/mol. The number of fused-ring (bicyclic) bond motifs is 2. The number of methoxy groups -OCH3 is 1. The number of phenolic OH excluding ortho intramolecular Hbond substituents is 1. The van der Waals surface area contributed by atoms with Crippen LogP contribution in [0.3, 0.4) is 0 Å². The van der Waals surface area contributed by atoms with Crippen molar-refractivity contribution in [2.75, 3.05) is 69.3 Å². The maximum atomic E-state index is 16.1. The fourth-order valence-corrected chi connectivity index (χ4v) is 9.01. The van der Waals surface area contributed by atoms with Crippen LogP contribution >= 0.6 is 9.24 Å². The number of aromatic hydroxyl groups is 1. The van der Waals surface area contributed by atoms with Gasteiger partial charge in [0.25, 0.3) is 5.91 Å². The zero-order chi connectivity index (χ0) is 35.2. The molecule has 0 bridgehead atoms. The molecule has 264 valence electrons. The zero-order valence-corrected chi connectivity index (χ0v) is 30.5. The summed E-state index contributed by atoms with van der Waals surface area (Å²) in [6.45, 7) is 7.73. The fraction of sp³-hybridized carbons (Fsp3) is 0.375. The minimum Gasteiger partial charge on any atom is -0.508 e. The van der Waals surface area contributed by atoms with Gasteiger partial charge in [0.05, 0.1) is 19.4 Å².